The van der Waals surface area contributed by atoms with Crippen molar-refractivity contribution in [1.82, 2.24) is 4.31 Å². The number of aliphatic hydroxyl groups is 4. The summed E-state index contributed by atoms with van der Waals surface area (Å²) in [6.45, 7) is 5.90. The van der Waals surface area contributed by atoms with Gasteiger partial charge in [0.05, 0.1) is 6.61 Å². The zero-order valence-corrected chi connectivity index (χ0v) is 19.4. The first-order valence-electron chi connectivity index (χ1n) is 11.8. The predicted molar refractivity (Wildman–Crippen MR) is 120 cm³/mol. The second-order valence-corrected chi connectivity index (χ2v) is 9.46. The largest absolute Gasteiger partial charge is 0.394 e. The second-order valence-electron chi connectivity index (χ2n) is 8.27. The SMILES string of the molecule is CCCCCCCCN(CCCCCCCC)S[C@@H]1O[C@H](CO)[C@H](O)[C@H](O)[C@H]1O. The van der Waals surface area contributed by atoms with Gasteiger partial charge in [-0.2, -0.15) is 0 Å². The second kappa shape index (κ2) is 16.8. The summed E-state index contributed by atoms with van der Waals surface area (Å²) >= 11 is 1.41. The van der Waals surface area contributed by atoms with Gasteiger partial charge in [-0.25, -0.2) is 4.31 Å². The van der Waals surface area contributed by atoms with E-state index in [0.29, 0.717) is 0 Å². The Morgan fingerprint density at radius 2 is 1.17 bits per heavy atom. The van der Waals surface area contributed by atoms with Crippen LogP contribution in [-0.4, -0.2) is 74.3 Å². The molecule has 1 fully saturated rings. The highest BCUT2D eigenvalue weighted by Gasteiger charge is 2.44. The molecule has 29 heavy (non-hydrogen) atoms. The molecular weight excluding hydrogens is 390 g/mol. The Morgan fingerprint density at radius 3 is 1.66 bits per heavy atom. The zero-order valence-electron chi connectivity index (χ0n) is 18.5. The summed E-state index contributed by atoms with van der Waals surface area (Å²) in [5, 5.41) is 39.8. The molecule has 1 rings (SSSR count). The predicted octanol–water partition coefficient (Wildman–Crippen LogP) is 3.46. The highest BCUT2D eigenvalue weighted by atomic mass is 32.2. The molecule has 1 aliphatic rings. The molecule has 0 aliphatic carbocycles. The number of aliphatic hydroxyl groups excluding tert-OH is 4. The molecule has 0 unspecified atom stereocenters. The third kappa shape index (κ3) is 10.8. The van der Waals surface area contributed by atoms with Crippen LogP contribution >= 0.6 is 11.9 Å². The van der Waals surface area contributed by atoms with Crippen molar-refractivity contribution in [2.75, 3.05) is 19.7 Å². The summed E-state index contributed by atoms with van der Waals surface area (Å²) in [6.07, 6.45) is 10.1. The maximum absolute atomic E-state index is 10.3. The molecule has 1 saturated heterocycles. The van der Waals surface area contributed by atoms with Gasteiger partial charge in [0.1, 0.15) is 29.9 Å². The van der Waals surface area contributed by atoms with E-state index in [4.69, 9.17) is 4.74 Å². The Labute approximate surface area is 182 Å². The molecule has 4 N–H and O–H groups in total. The summed E-state index contributed by atoms with van der Waals surface area (Å²) in [5.41, 5.74) is -0.675. The van der Waals surface area contributed by atoms with Gasteiger partial charge >= 0.3 is 0 Å². The first-order chi connectivity index (χ1) is 14.0. The average molecular weight is 436 g/mol. The first kappa shape index (κ1) is 27.1. The number of nitrogens with zero attached hydrogens (tertiary/aromatic N) is 1. The van der Waals surface area contributed by atoms with E-state index in [1.807, 2.05) is 0 Å². The van der Waals surface area contributed by atoms with E-state index in [1.54, 1.807) is 0 Å². The minimum Gasteiger partial charge on any atom is -0.394 e. The summed E-state index contributed by atoms with van der Waals surface area (Å²) in [6, 6.07) is 0. The van der Waals surface area contributed by atoms with Crippen LogP contribution in [0.3, 0.4) is 0 Å². The van der Waals surface area contributed by atoms with E-state index in [-0.39, 0.29) is 6.61 Å². The fourth-order valence-electron chi connectivity index (χ4n) is 3.66. The standard InChI is InChI=1S/C22H45NO5S/c1-3-5-7-9-11-13-15-23(16-14-12-10-8-6-4-2)29-22-21(27)20(26)19(25)18(17-24)28-22/h18-22,24-27H,3-17H2,1-2H3/t18-,19+,20+,21-,22+/m1/s1. The zero-order chi connectivity index (χ0) is 21.5. The minimum absolute atomic E-state index is 0.378. The van der Waals surface area contributed by atoms with E-state index >= 15 is 0 Å². The van der Waals surface area contributed by atoms with Gasteiger partial charge in [-0.1, -0.05) is 78.1 Å². The van der Waals surface area contributed by atoms with Crippen LogP contribution in [0.2, 0.25) is 0 Å². The summed E-state index contributed by atoms with van der Waals surface area (Å²) in [5.74, 6) is 0. The van der Waals surface area contributed by atoms with Crippen LogP contribution in [0.25, 0.3) is 0 Å². The Hall–Kier alpha value is 0.110. The molecule has 0 aromatic carbocycles. The molecule has 0 radical (unpaired) electrons. The fraction of sp³-hybridized carbons (Fsp3) is 1.00. The van der Waals surface area contributed by atoms with Gasteiger partial charge in [0, 0.05) is 13.1 Å². The van der Waals surface area contributed by atoms with Crippen molar-refractivity contribution >= 4 is 11.9 Å². The third-order valence-electron chi connectivity index (χ3n) is 5.62. The molecule has 0 amide bonds. The van der Waals surface area contributed by atoms with Crippen molar-refractivity contribution in [3.8, 4) is 0 Å². The smallest absolute Gasteiger partial charge is 0.146 e. The fourth-order valence-corrected chi connectivity index (χ4v) is 4.90. The highest BCUT2D eigenvalue weighted by Crippen LogP contribution is 2.31. The monoisotopic (exact) mass is 435 g/mol. The lowest BCUT2D eigenvalue weighted by Gasteiger charge is -2.41. The van der Waals surface area contributed by atoms with Crippen molar-refractivity contribution < 1.29 is 25.2 Å². The summed E-state index contributed by atoms with van der Waals surface area (Å²) in [4.78, 5) is 0. The van der Waals surface area contributed by atoms with Gasteiger partial charge in [0.15, 0.2) is 0 Å². The molecule has 0 spiro atoms. The quantitative estimate of drug-likeness (QED) is 0.205. The van der Waals surface area contributed by atoms with E-state index in [1.165, 1.54) is 76.2 Å². The minimum atomic E-state index is -1.30. The molecular formula is C22H45NO5S. The van der Waals surface area contributed by atoms with E-state index in [0.717, 1.165) is 25.9 Å². The van der Waals surface area contributed by atoms with Crippen LogP contribution < -0.4 is 0 Å². The molecule has 0 aromatic heterocycles. The molecule has 174 valence electrons. The Bertz CT molecular complexity index is 372. The number of hydrogen-bond donors (Lipinski definition) is 4. The number of ether oxygens (including phenoxy) is 1. The Kier molecular flexibility index (Phi) is 15.7. The van der Waals surface area contributed by atoms with E-state index < -0.39 is 29.9 Å². The summed E-state index contributed by atoms with van der Waals surface area (Å²) in [7, 11) is 0. The van der Waals surface area contributed by atoms with Crippen LogP contribution in [-0.2, 0) is 4.74 Å². The number of rotatable bonds is 17. The molecule has 1 heterocycles. The van der Waals surface area contributed by atoms with Crippen LogP contribution in [0.1, 0.15) is 90.9 Å². The first-order valence-corrected chi connectivity index (χ1v) is 12.6. The Balaban J connectivity index is 2.49. The normalized spacial score (nSPS) is 27.6. The lowest BCUT2D eigenvalue weighted by Crippen LogP contribution is -2.58. The molecule has 1 aliphatic heterocycles. The number of hydrogen-bond acceptors (Lipinski definition) is 7. The van der Waals surface area contributed by atoms with Gasteiger partial charge in [-0.3, -0.25) is 0 Å². The average Bonchev–Trinajstić information content (AvgIpc) is 2.72. The molecule has 0 saturated carbocycles. The van der Waals surface area contributed by atoms with E-state index in [2.05, 4.69) is 18.2 Å². The van der Waals surface area contributed by atoms with Crippen LogP contribution in [0, 0.1) is 0 Å². The van der Waals surface area contributed by atoms with Crippen LogP contribution in [0.5, 0.6) is 0 Å². The van der Waals surface area contributed by atoms with Gasteiger partial charge in [0.25, 0.3) is 0 Å². The maximum atomic E-state index is 10.3. The highest BCUT2D eigenvalue weighted by molar-refractivity contribution is 7.97. The van der Waals surface area contributed by atoms with Crippen molar-refractivity contribution in [2.24, 2.45) is 0 Å². The molecule has 0 bridgehead atoms. The van der Waals surface area contributed by atoms with Crippen LogP contribution in [0.15, 0.2) is 0 Å². The Morgan fingerprint density at radius 1 is 0.690 bits per heavy atom. The van der Waals surface area contributed by atoms with Gasteiger partial charge in [0.2, 0.25) is 0 Å². The van der Waals surface area contributed by atoms with Crippen molar-refractivity contribution in [2.45, 2.75) is 121 Å². The van der Waals surface area contributed by atoms with Crippen molar-refractivity contribution in [1.29, 1.82) is 0 Å². The maximum Gasteiger partial charge on any atom is 0.146 e. The van der Waals surface area contributed by atoms with Gasteiger partial charge < -0.3 is 25.2 Å². The molecule has 6 nitrogen and oxygen atoms in total. The van der Waals surface area contributed by atoms with Crippen LogP contribution in [0.4, 0.5) is 0 Å². The van der Waals surface area contributed by atoms with Crippen molar-refractivity contribution in [3.05, 3.63) is 0 Å². The summed E-state index contributed by atoms with van der Waals surface area (Å²) < 4.78 is 7.93. The molecule has 0 aromatic rings. The third-order valence-corrected chi connectivity index (χ3v) is 6.88. The van der Waals surface area contributed by atoms with Crippen molar-refractivity contribution in [3.63, 3.8) is 0 Å². The molecule has 7 heteroatoms. The van der Waals surface area contributed by atoms with Gasteiger partial charge in [-0.15, -0.1) is 0 Å². The number of unbranched alkanes of at least 4 members (excludes halogenated alkanes) is 10. The lowest BCUT2D eigenvalue weighted by molar-refractivity contribution is -0.206. The topological polar surface area (TPSA) is 93.4 Å². The lowest BCUT2D eigenvalue weighted by atomic mass is 10.0. The molecule has 5 atom stereocenters. The van der Waals surface area contributed by atoms with E-state index in [9.17, 15) is 20.4 Å². The van der Waals surface area contributed by atoms with Gasteiger partial charge in [-0.05, 0) is 24.8 Å².